The molecule has 0 fully saturated rings. The highest BCUT2D eigenvalue weighted by molar-refractivity contribution is 9.10. The third-order valence-corrected chi connectivity index (χ3v) is 3.54. The molecule has 144 valence electrons. The zero-order valence-electron chi connectivity index (χ0n) is 15.8. The molecule has 7 nitrogen and oxygen atoms in total. The van der Waals surface area contributed by atoms with Crippen molar-refractivity contribution in [2.24, 2.45) is 4.99 Å². The fourth-order valence-electron chi connectivity index (χ4n) is 2.00. The Morgan fingerprint density at radius 2 is 1.73 bits per heavy atom. The average Bonchev–Trinajstić information content (AvgIpc) is 2.53. The summed E-state index contributed by atoms with van der Waals surface area (Å²) in [5, 5.41) is 11.8. The Morgan fingerprint density at radius 3 is 2.31 bits per heavy atom. The first-order valence-electron chi connectivity index (χ1n) is 8.58. The minimum absolute atomic E-state index is 0.0255. The van der Waals surface area contributed by atoms with Crippen LogP contribution in [0.25, 0.3) is 0 Å². The number of rotatable bonds is 7. The van der Waals surface area contributed by atoms with Crippen molar-refractivity contribution < 1.29 is 9.59 Å². The van der Waals surface area contributed by atoms with E-state index in [1.807, 2.05) is 52.0 Å². The molecule has 0 heterocycles. The Bertz CT molecular complexity index is 623. The second-order valence-electron chi connectivity index (χ2n) is 6.73. The van der Waals surface area contributed by atoms with Crippen molar-refractivity contribution in [3.63, 3.8) is 0 Å². The van der Waals surface area contributed by atoms with Gasteiger partial charge in [0.2, 0.25) is 11.8 Å². The highest BCUT2D eigenvalue weighted by Gasteiger charge is 2.13. The molecule has 0 unspecified atom stereocenters. The number of anilines is 1. The van der Waals surface area contributed by atoms with E-state index >= 15 is 0 Å². The molecule has 0 aliphatic carbocycles. The molecule has 8 heteroatoms. The van der Waals surface area contributed by atoms with Gasteiger partial charge in [0.25, 0.3) is 0 Å². The summed E-state index contributed by atoms with van der Waals surface area (Å²) in [5.74, 6) is 0.261. The Balaban J connectivity index is 2.42. The number of benzene rings is 1. The second-order valence-corrected chi connectivity index (χ2v) is 7.64. The summed E-state index contributed by atoms with van der Waals surface area (Å²) in [7, 11) is 0. The minimum Gasteiger partial charge on any atom is -0.357 e. The van der Waals surface area contributed by atoms with Crippen LogP contribution >= 0.6 is 15.9 Å². The van der Waals surface area contributed by atoms with Gasteiger partial charge in [0.05, 0.1) is 0 Å². The minimum atomic E-state index is -0.288. The topological polar surface area (TPSA) is 94.6 Å². The number of carbonyl (C=O) groups is 2. The number of carbonyl (C=O) groups excluding carboxylic acids is 2. The van der Waals surface area contributed by atoms with Crippen molar-refractivity contribution in [2.75, 3.05) is 25.0 Å². The van der Waals surface area contributed by atoms with Crippen LogP contribution in [0.1, 0.15) is 34.1 Å². The molecule has 0 radical (unpaired) electrons. The van der Waals surface area contributed by atoms with Gasteiger partial charge in [-0.05, 0) is 52.0 Å². The predicted molar refractivity (Wildman–Crippen MR) is 109 cm³/mol. The predicted octanol–water partition coefficient (Wildman–Crippen LogP) is 2.25. The van der Waals surface area contributed by atoms with E-state index in [2.05, 4.69) is 42.2 Å². The fraction of sp³-hybridized carbons (Fsp3) is 0.500. The largest absolute Gasteiger partial charge is 0.357 e. The van der Waals surface area contributed by atoms with E-state index < -0.39 is 0 Å². The van der Waals surface area contributed by atoms with Crippen molar-refractivity contribution in [1.29, 1.82) is 0 Å². The number of hydrogen-bond donors (Lipinski definition) is 4. The van der Waals surface area contributed by atoms with Crippen LogP contribution in [0.4, 0.5) is 5.69 Å². The molecular formula is C18H28BrN5O2. The van der Waals surface area contributed by atoms with Crippen LogP contribution in [0.15, 0.2) is 33.7 Å². The number of halogens is 1. The standard InChI is InChI=1S/C18H28BrN5O2/c1-5-20-17(22-12-16(26)24-18(2,3)4)21-11-10-15(25)23-14-8-6-13(19)7-9-14/h6-9H,5,10-12H2,1-4H3,(H,23,25)(H,24,26)(H2,20,21,22). The third-order valence-electron chi connectivity index (χ3n) is 3.01. The lowest BCUT2D eigenvalue weighted by Crippen LogP contribution is -2.43. The normalized spacial score (nSPS) is 11.7. The summed E-state index contributed by atoms with van der Waals surface area (Å²) >= 11 is 3.35. The third kappa shape index (κ3) is 10.0. The lowest BCUT2D eigenvalue weighted by molar-refractivity contribution is -0.121. The molecular weight excluding hydrogens is 398 g/mol. The molecule has 4 N–H and O–H groups in total. The first-order chi connectivity index (χ1) is 12.2. The molecule has 1 aromatic carbocycles. The van der Waals surface area contributed by atoms with E-state index in [1.165, 1.54) is 0 Å². The van der Waals surface area contributed by atoms with Gasteiger partial charge in [-0.25, -0.2) is 4.99 Å². The van der Waals surface area contributed by atoms with Crippen LogP contribution in [-0.2, 0) is 9.59 Å². The molecule has 0 saturated heterocycles. The lowest BCUT2D eigenvalue weighted by Gasteiger charge is -2.20. The number of nitrogens with zero attached hydrogens (tertiary/aromatic N) is 1. The van der Waals surface area contributed by atoms with Gasteiger partial charge in [0.1, 0.15) is 6.54 Å². The van der Waals surface area contributed by atoms with Gasteiger partial charge >= 0.3 is 0 Å². The van der Waals surface area contributed by atoms with Crippen LogP contribution in [0.2, 0.25) is 0 Å². The van der Waals surface area contributed by atoms with E-state index in [-0.39, 0.29) is 30.3 Å². The number of amides is 2. The van der Waals surface area contributed by atoms with Crippen molar-refractivity contribution in [2.45, 2.75) is 39.7 Å². The van der Waals surface area contributed by atoms with E-state index in [0.717, 1.165) is 10.2 Å². The molecule has 2 amide bonds. The van der Waals surface area contributed by atoms with E-state index in [0.29, 0.717) is 19.0 Å². The van der Waals surface area contributed by atoms with Gasteiger partial charge in [-0.15, -0.1) is 0 Å². The molecule has 0 aromatic heterocycles. The van der Waals surface area contributed by atoms with Crippen molar-refractivity contribution in [1.82, 2.24) is 16.0 Å². The molecule has 0 atom stereocenters. The van der Waals surface area contributed by atoms with Crippen LogP contribution in [0.5, 0.6) is 0 Å². The monoisotopic (exact) mass is 425 g/mol. The summed E-state index contributed by atoms with van der Waals surface area (Å²) in [6.45, 7) is 8.80. The highest BCUT2D eigenvalue weighted by Crippen LogP contribution is 2.14. The van der Waals surface area contributed by atoms with Crippen LogP contribution in [-0.4, -0.2) is 42.9 Å². The maximum atomic E-state index is 12.0. The molecule has 26 heavy (non-hydrogen) atoms. The highest BCUT2D eigenvalue weighted by atomic mass is 79.9. The van der Waals surface area contributed by atoms with Gasteiger partial charge in [-0.2, -0.15) is 0 Å². The molecule has 0 spiro atoms. The number of hydrogen-bond acceptors (Lipinski definition) is 3. The first kappa shape index (κ1) is 22.0. The summed E-state index contributed by atoms with van der Waals surface area (Å²) in [5.41, 5.74) is 0.460. The van der Waals surface area contributed by atoms with Crippen molar-refractivity contribution in [3.05, 3.63) is 28.7 Å². The lowest BCUT2D eigenvalue weighted by atomic mass is 10.1. The maximum Gasteiger partial charge on any atom is 0.242 e. The van der Waals surface area contributed by atoms with E-state index in [4.69, 9.17) is 0 Å². The van der Waals surface area contributed by atoms with Gasteiger partial charge in [-0.1, -0.05) is 15.9 Å². The molecule has 0 aliphatic rings. The number of aliphatic imine (C=N–C) groups is 1. The first-order valence-corrected chi connectivity index (χ1v) is 9.37. The Hall–Kier alpha value is -2.09. The number of guanidine groups is 1. The van der Waals surface area contributed by atoms with Crippen LogP contribution in [0, 0.1) is 0 Å². The Morgan fingerprint density at radius 1 is 1.08 bits per heavy atom. The molecule has 0 saturated carbocycles. The fourth-order valence-corrected chi connectivity index (χ4v) is 2.27. The Labute approximate surface area is 163 Å². The van der Waals surface area contributed by atoms with Gasteiger partial charge in [-0.3, -0.25) is 9.59 Å². The van der Waals surface area contributed by atoms with E-state index in [9.17, 15) is 9.59 Å². The van der Waals surface area contributed by atoms with Crippen molar-refractivity contribution >= 4 is 39.4 Å². The van der Waals surface area contributed by atoms with Crippen molar-refractivity contribution in [3.8, 4) is 0 Å². The quantitative estimate of drug-likeness (QED) is 0.397. The Kier molecular flexibility index (Phi) is 9.12. The SMILES string of the molecule is CCNC(=NCC(=O)NC(C)(C)C)NCCC(=O)Nc1ccc(Br)cc1. The summed E-state index contributed by atoms with van der Waals surface area (Å²) in [6.07, 6.45) is 0.286. The summed E-state index contributed by atoms with van der Waals surface area (Å²) in [6, 6.07) is 7.39. The molecule has 0 bridgehead atoms. The summed E-state index contributed by atoms with van der Waals surface area (Å²) < 4.78 is 0.958. The van der Waals surface area contributed by atoms with Gasteiger partial charge < -0.3 is 21.3 Å². The van der Waals surface area contributed by atoms with Gasteiger partial charge in [0.15, 0.2) is 5.96 Å². The molecule has 1 rings (SSSR count). The van der Waals surface area contributed by atoms with Gasteiger partial charge in [0, 0.05) is 35.2 Å². The maximum absolute atomic E-state index is 12.0. The van der Waals surface area contributed by atoms with Crippen LogP contribution < -0.4 is 21.3 Å². The second kappa shape index (κ2) is 10.8. The molecule has 1 aromatic rings. The zero-order chi connectivity index (χ0) is 19.6. The average molecular weight is 426 g/mol. The van der Waals surface area contributed by atoms with E-state index in [1.54, 1.807) is 0 Å². The summed E-state index contributed by atoms with van der Waals surface area (Å²) in [4.78, 5) is 28.0. The smallest absolute Gasteiger partial charge is 0.242 e. The zero-order valence-corrected chi connectivity index (χ0v) is 17.4. The van der Waals surface area contributed by atoms with Crippen LogP contribution in [0.3, 0.4) is 0 Å². The molecule has 0 aliphatic heterocycles. The number of nitrogens with one attached hydrogen (secondary N) is 4.